The average molecular weight is 262 g/mol. The van der Waals surface area contributed by atoms with E-state index in [4.69, 9.17) is 4.74 Å². The molecule has 4 heteroatoms. The Morgan fingerprint density at radius 2 is 2.16 bits per heavy atom. The summed E-state index contributed by atoms with van der Waals surface area (Å²) in [5, 5.41) is 3.08. The normalized spacial score (nSPS) is 18.2. The zero-order chi connectivity index (χ0) is 14.0. The lowest BCUT2D eigenvalue weighted by molar-refractivity contribution is -0.0763. The Labute approximate surface area is 114 Å². The molecule has 1 aromatic rings. The Balaban J connectivity index is 2.26. The second kappa shape index (κ2) is 5.21. The highest BCUT2D eigenvalue weighted by atomic mass is 16.5. The van der Waals surface area contributed by atoms with Crippen LogP contribution in [0.25, 0.3) is 0 Å². The van der Waals surface area contributed by atoms with Crippen LogP contribution in [0.4, 0.5) is 5.69 Å². The van der Waals surface area contributed by atoms with Crippen molar-refractivity contribution in [3.8, 4) is 0 Å². The minimum absolute atomic E-state index is 0.0735. The number of anilines is 1. The van der Waals surface area contributed by atoms with Crippen molar-refractivity contribution >= 4 is 11.6 Å². The van der Waals surface area contributed by atoms with Crippen LogP contribution in [-0.4, -0.2) is 43.2 Å². The molecule has 0 atom stereocenters. The monoisotopic (exact) mass is 262 g/mol. The van der Waals surface area contributed by atoms with Crippen molar-refractivity contribution in [3.63, 3.8) is 0 Å². The van der Waals surface area contributed by atoms with Crippen LogP contribution in [0.5, 0.6) is 0 Å². The maximum absolute atomic E-state index is 12.6. The van der Waals surface area contributed by atoms with Gasteiger partial charge in [-0.15, -0.1) is 0 Å². The molecule has 0 saturated carbocycles. The van der Waals surface area contributed by atoms with Gasteiger partial charge in [0.15, 0.2) is 0 Å². The number of rotatable bonds is 2. The molecule has 0 unspecified atom stereocenters. The van der Waals surface area contributed by atoms with E-state index in [0.29, 0.717) is 19.7 Å². The summed E-state index contributed by atoms with van der Waals surface area (Å²) in [4.78, 5) is 14.5. The van der Waals surface area contributed by atoms with Gasteiger partial charge in [0.2, 0.25) is 0 Å². The van der Waals surface area contributed by atoms with E-state index in [9.17, 15) is 4.79 Å². The number of aryl methyl sites for hydroxylation is 1. The topological polar surface area (TPSA) is 41.6 Å². The zero-order valence-electron chi connectivity index (χ0n) is 12.1. The van der Waals surface area contributed by atoms with Crippen molar-refractivity contribution in [2.45, 2.75) is 26.4 Å². The summed E-state index contributed by atoms with van der Waals surface area (Å²) in [6.07, 6.45) is 0. The highest BCUT2D eigenvalue weighted by Gasteiger charge is 2.31. The SMILES string of the molecule is CNc1ccc(C)cc1C(=O)N1CCOC(C)(C)C1. The van der Waals surface area contributed by atoms with Gasteiger partial charge in [-0.3, -0.25) is 4.79 Å². The van der Waals surface area contributed by atoms with Crippen LogP contribution in [-0.2, 0) is 4.74 Å². The molecule has 0 aromatic heterocycles. The lowest BCUT2D eigenvalue weighted by Crippen LogP contribution is -2.50. The molecular weight excluding hydrogens is 240 g/mol. The van der Waals surface area contributed by atoms with Crippen molar-refractivity contribution < 1.29 is 9.53 Å². The molecule has 1 heterocycles. The highest BCUT2D eigenvalue weighted by Crippen LogP contribution is 2.23. The number of hydrogen-bond acceptors (Lipinski definition) is 3. The smallest absolute Gasteiger partial charge is 0.256 e. The third-order valence-corrected chi connectivity index (χ3v) is 3.39. The first-order valence-electron chi connectivity index (χ1n) is 6.64. The molecule has 1 aromatic carbocycles. The van der Waals surface area contributed by atoms with Gasteiger partial charge in [-0.2, -0.15) is 0 Å². The standard InChI is InChI=1S/C15H22N2O2/c1-11-5-6-13(16-4)12(9-11)14(18)17-7-8-19-15(2,3)10-17/h5-6,9,16H,7-8,10H2,1-4H3. The Hall–Kier alpha value is -1.55. The second-order valence-corrected chi connectivity index (χ2v) is 5.63. The van der Waals surface area contributed by atoms with E-state index in [1.165, 1.54) is 0 Å². The molecule has 0 radical (unpaired) electrons. The van der Waals surface area contributed by atoms with E-state index < -0.39 is 0 Å². The number of hydrogen-bond donors (Lipinski definition) is 1. The van der Waals surface area contributed by atoms with E-state index in [1.807, 2.05) is 50.9 Å². The van der Waals surface area contributed by atoms with Crippen LogP contribution in [0, 0.1) is 6.92 Å². The van der Waals surface area contributed by atoms with E-state index in [2.05, 4.69) is 5.32 Å². The predicted molar refractivity (Wildman–Crippen MR) is 76.7 cm³/mol. The van der Waals surface area contributed by atoms with Crippen LogP contribution >= 0.6 is 0 Å². The maximum Gasteiger partial charge on any atom is 0.256 e. The van der Waals surface area contributed by atoms with Gasteiger partial charge in [-0.1, -0.05) is 11.6 Å². The minimum Gasteiger partial charge on any atom is -0.387 e. The summed E-state index contributed by atoms with van der Waals surface area (Å²) in [7, 11) is 1.84. The molecule has 19 heavy (non-hydrogen) atoms. The molecule has 1 aliphatic rings. The van der Waals surface area contributed by atoms with Crippen molar-refractivity contribution in [2.75, 3.05) is 32.1 Å². The van der Waals surface area contributed by atoms with Gasteiger partial charge >= 0.3 is 0 Å². The van der Waals surface area contributed by atoms with Crippen molar-refractivity contribution in [3.05, 3.63) is 29.3 Å². The first-order valence-corrected chi connectivity index (χ1v) is 6.64. The lowest BCUT2D eigenvalue weighted by Gasteiger charge is -2.38. The van der Waals surface area contributed by atoms with Crippen LogP contribution in [0.2, 0.25) is 0 Å². The molecule has 1 fully saturated rings. The molecule has 0 bridgehead atoms. The Bertz CT molecular complexity index is 483. The Kier molecular flexibility index (Phi) is 3.80. The summed E-state index contributed by atoms with van der Waals surface area (Å²) >= 11 is 0. The fraction of sp³-hybridized carbons (Fsp3) is 0.533. The maximum atomic E-state index is 12.6. The van der Waals surface area contributed by atoms with Gasteiger partial charge in [0.1, 0.15) is 0 Å². The first-order chi connectivity index (χ1) is 8.93. The summed E-state index contributed by atoms with van der Waals surface area (Å²) < 4.78 is 5.65. The van der Waals surface area contributed by atoms with E-state index >= 15 is 0 Å². The highest BCUT2D eigenvalue weighted by molar-refractivity contribution is 5.99. The average Bonchev–Trinajstić information content (AvgIpc) is 2.36. The number of carbonyl (C=O) groups is 1. The van der Waals surface area contributed by atoms with Gasteiger partial charge in [0.05, 0.1) is 17.8 Å². The zero-order valence-corrected chi connectivity index (χ0v) is 12.1. The first kappa shape index (κ1) is 13.9. The molecule has 1 N–H and O–H groups in total. The van der Waals surface area contributed by atoms with Crippen LogP contribution in [0.3, 0.4) is 0 Å². The number of nitrogens with one attached hydrogen (secondary N) is 1. The van der Waals surface area contributed by atoms with E-state index in [0.717, 1.165) is 16.8 Å². The molecule has 0 aliphatic carbocycles. The fourth-order valence-corrected chi connectivity index (χ4v) is 2.41. The van der Waals surface area contributed by atoms with Crippen molar-refractivity contribution in [1.29, 1.82) is 0 Å². The molecular formula is C15H22N2O2. The number of morpholine rings is 1. The van der Waals surface area contributed by atoms with Gasteiger partial charge in [0, 0.05) is 25.8 Å². The summed E-state index contributed by atoms with van der Waals surface area (Å²) in [6.45, 7) is 7.91. The van der Waals surface area contributed by atoms with Crippen LogP contribution in [0.15, 0.2) is 18.2 Å². The van der Waals surface area contributed by atoms with Gasteiger partial charge in [0.25, 0.3) is 5.91 Å². The van der Waals surface area contributed by atoms with Crippen LogP contribution < -0.4 is 5.32 Å². The van der Waals surface area contributed by atoms with Crippen molar-refractivity contribution in [1.82, 2.24) is 4.90 Å². The number of amides is 1. The molecule has 2 rings (SSSR count). The molecule has 1 saturated heterocycles. The summed E-state index contributed by atoms with van der Waals surface area (Å²) in [5.41, 5.74) is 2.44. The van der Waals surface area contributed by atoms with E-state index in [1.54, 1.807) is 0 Å². The largest absolute Gasteiger partial charge is 0.387 e. The molecule has 1 amide bonds. The summed E-state index contributed by atoms with van der Waals surface area (Å²) in [6, 6.07) is 5.90. The van der Waals surface area contributed by atoms with Crippen LogP contribution in [0.1, 0.15) is 29.8 Å². The minimum atomic E-state index is -0.266. The number of benzene rings is 1. The third kappa shape index (κ3) is 3.07. The predicted octanol–water partition coefficient (Wildman–Crippen LogP) is 2.29. The van der Waals surface area contributed by atoms with Gasteiger partial charge in [-0.05, 0) is 32.9 Å². The van der Waals surface area contributed by atoms with Gasteiger partial charge in [-0.25, -0.2) is 0 Å². The molecule has 1 aliphatic heterocycles. The van der Waals surface area contributed by atoms with E-state index in [-0.39, 0.29) is 11.5 Å². The Morgan fingerprint density at radius 3 is 2.79 bits per heavy atom. The Morgan fingerprint density at radius 1 is 1.42 bits per heavy atom. The third-order valence-electron chi connectivity index (χ3n) is 3.39. The number of nitrogens with zero attached hydrogens (tertiary/aromatic N) is 1. The quantitative estimate of drug-likeness (QED) is 0.889. The lowest BCUT2D eigenvalue weighted by atomic mass is 10.0. The molecule has 4 nitrogen and oxygen atoms in total. The number of ether oxygens (including phenoxy) is 1. The second-order valence-electron chi connectivity index (χ2n) is 5.63. The fourth-order valence-electron chi connectivity index (χ4n) is 2.41. The van der Waals surface area contributed by atoms with Crippen molar-refractivity contribution in [2.24, 2.45) is 0 Å². The van der Waals surface area contributed by atoms with Gasteiger partial charge < -0.3 is 15.0 Å². The molecule has 0 spiro atoms. The summed E-state index contributed by atoms with van der Waals surface area (Å²) in [5.74, 6) is 0.0735. The number of carbonyl (C=O) groups excluding carboxylic acids is 1. The molecule has 104 valence electrons.